The van der Waals surface area contributed by atoms with Crippen molar-refractivity contribution in [3.05, 3.63) is 11.6 Å². The number of hydrogen-bond acceptors (Lipinski definition) is 4. The second-order valence-corrected chi connectivity index (χ2v) is 12.7. The van der Waals surface area contributed by atoms with E-state index in [1.54, 1.807) is 0 Å². The van der Waals surface area contributed by atoms with Crippen molar-refractivity contribution in [1.29, 1.82) is 0 Å². The van der Waals surface area contributed by atoms with E-state index in [9.17, 15) is 13.2 Å². The van der Waals surface area contributed by atoms with E-state index in [-0.39, 0.29) is 34.9 Å². The number of carbonyl (C=O) groups excluding carboxylic acids is 1. The van der Waals surface area contributed by atoms with Crippen LogP contribution < -0.4 is 5.32 Å². The summed E-state index contributed by atoms with van der Waals surface area (Å²) in [5.74, 6) is 2.77. The van der Waals surface area contributed by atoms with E-state index in [1.807, 2.05) is 6.08 Å². The van der Waals surface area contributed by atoms with Crippen molar-refractivity contribution in [2.75, 3.05) is 24.6 Å². The molecule has 0 aromatic carbocycles. The topological polar surface area (TPSA) is 66.5 Å². The minimum absolute atomic E-state index is 0.0512. The predicted molar refractivity (Wildman–Crippen MR) is 110 cm³/mol. The molecule has 1 amide bonds. The summed E-state index contributed by atoms with van der Waals surface area (Å²) >= 11 is 0. The number of hydrogen-bond donors (Lipinski definition) is 1. The van der Waals surface area contributed by atoms with Gasteiger partial charge in [-0.15, -0.1) is 0 Å². The molecule has 6 rings (SSSR count). The molecule has 0 spiro atoms. The Morgan fingerprint density at radius 1 is 1.00 bits per heavy atom. The van der Waals surface area contributed by atoms with Crippen molar-refractivity contribution >= 4 is 15.7 Å². The van der Waals surface area contributed by atoms with E-state index in [0.717, 1.165) is 43.7 Å². The van der Waals surface area contributed by atoms with Crippen molar-refractivity contribution in [1.82, 2.24) is 10.2 Å². The quantitative estimate of drug-likeness (QED) is 0.729. The van der Waals surface area contributed by atoms with Gasteiger partial charge in [-0.25, -0.2) is 8.42 Å². The maximum Gasteiger partial charge on any atom is 0.244 e. The van der Waals surface area contributed by atoms with Crippen LogP contribution >= 0.6 is 0 Å². The zero-order valence-electron chi connectivity index (χ0n) is 17.0. The highest BCUT2D eigenvalue weighted by molar-refractivity contribution is 7.91. The van der Waals surface area contributed by atoms with Crippen LogP contribution in [0.2, 0.25) is 0 Å². The predicted octanol–water partition coefficient (Wildman–Crippen LogP) is 2.53. The lowest BCUT2D eigenvalue weighted by Gasteiger charge is -2.57. The van der Waals surface area contributed by atoms with Crippen LogP contribution in [0.3, 0.4) is 0 Å². The Labute approximate surface area is 169 Å². The summed E-state index contributed by atoms with van der Waals surface area (Å²) in [5.41, 5.74) is 1.48. The fraction of sp³-hybridized carbons (Fsp3) is 0.864. The number of carbonyl (C=O) groups is 1. The smallest absolute Gasteiger partial charge is 0.244 e. The summed E-state index contributed by atoms with van der Waals surface area (Å²) in [6.45, 7) is 4.06. The maximum absolute atomic E-state index is 12.9. The van der Waals surface area contributed by atoms with E-state index in [2.05, 4.69) is 17.1 Å². The highest BCUT2D eigenvalue weighted by atomic mass is 32.2. The molecule has 28 heavy (non-hydrogen) atoms. The molecular formula is C22H34N2O3S. The Morgan fingerprint density at radius 2 is 1.57 bits per heavy atom. The summed E-state index contributed by atoms with van der Waals surface area (Å²) in [4.78, 5) is 15.1. The van der Waals surface area contributed by atoms with Crippen LogP contribution in [0.5, 0.6) is 0 Å². The first kappa shape index (κ1) is 19.1. The van der Waals surface area contributed by atoms with Gasteiger partial charge in [-0.3, -0.25) is 9.69 Å². The molecule has 2 atom stereocenters. The van der Waals surface area contributed by atoms with Gasteiger partial charge in [0.05, 0.1) is 17.5 Å². The molecule has 6 fully saturated rings. The van der Waals surface area contributed by atoms with Crippen molar-refractivity contribution in [2.45, 2.75) is 70.4 Å². The average molecular weight is 407 g/mol. The molecule has 2 aliphatic heterocycles. The number of nitrogens with one attached hydrogen (secondary N) is 1. The first-order chi connectivity index (χ1) is 13.3. The molecule has 0 radical (unpaired) electrons. The molecular weight excluding hydrogens is 372 g/mol. The standard InChI is InChI=1S/C22H34N2O3S/c1-15(22-10-16-7-17(11-22)9-18(8-16)12-22)6-21(25)23-19-13-28(26,27)14-20(19)24-4-2-3-5-24/h6,16-20H,2-5,7-14H2,1H3,(H,23,25)/b15-6-. The largest absolute Gasteiger partial charge is 0.347 e. The first-order valence-corrected chi connectivity index (χ1v) is 13.1. The van der Waals surface area contributed by atoms with Crippen LogP contribution in [0.1, 0.15) is 58.3 Å². The van der Waals surface area contributed by atoms with Crippen LogP contribution in [0.25, 0.3) is 0 Å². The number of likely N-dealkylation sites (tertiary alicyclic amines) is 1. The van der Waals surface area contributed by atoms with Gasteiger partial charge in [0.1, 0.15) is 0 Å². The van der Waals surface area contributed by atoms with Crippen LogP contribution in [-0.4, -0.2) is 55.9 Å². The van der Waals surface area contributed by atoms with E-state index in [0.29, 0.717) is 0 Å². The molecule has 4 saturated carbocycles. The monoisotopic (exact) mass is 406 g/mol. The third kappa shape index (κ3) is 3.45. The van der Waals surface area contributed by atoms with Gasteiger partial charge >= 0.3 is 0 Å². The third-order valence-electron chi connectivity index (χ3n) is 8.48. The van der Waals surface area contributed by atoms with E-state index >= 15 is 0 Å². The van der Waals surface area contributed by atoms with E-state index in [4.69, 9.17) is 0 Å². The third-order valence-corrected chi connectivity index (χ3v) is 10.2. The lowest BCUT2D eigenvalue weighted by molar-refractivity contribution is -0.117. The molecule has 6 heteroatoms. The molecule has 1 N–H and O–H groups in total. The fourth-order valence-electron chi connectivity index (χ4n) is 7.57. The van der Waals surface area contributed by atoms with Gasteiger partial charge in [0.2, 0.25) is 5.91 Å². The van der Waals surface area contributed by atoms with Crippen LogP contribution in [0.15, 0.2) is 11.6 Å². The molecule has 4 aliphatic carbocycles. The van der Waals surface area contributed by atoms with Gasteiger partial charge in [0, 0.05) is 12.1 Å². The van der Waals surface area contributed by atoms with Crippen LogP contribution in [0.4, 0.5) is 0 Å². The van der Waals surface area contributed by atoms with E-state index in [1.165, 1.54) is 44.1 Å². The van der Waals surface area contributed by atoms with Crippen molar-refractivity contribution < 1.29 is 13.2 Å². The molecule has 4 bridgehead atoms. The Balaban J connectivity index is 1.30. The van der Waals surface area contributed by atoms with E-state index < -0.39 is 9.84 Å². The Kier molecular flexibility index (Phi) is 4.66. The molecule has 0 aromatic heterocycles. The minimum atomic E-state index is -3.07. The highest BCUT2D eigenvalue weighted by Crippen LogP contribution is 2.62. The number of amides is 1. The lowest BCUT2D eigenvalue weighted by atomic mass is 9.48. The van der Waals surface area contributed by atoms with Crippen molar-refractivity contribution in [2.24, 2.45) is 23.2 Å². The zero-order valence-corrected chi connectivity index (χ0v) is 17.8. The second kappa shape index (κ2) is 6.83. The number of rotatable bonds is 4. The summed E-state index contributed by atoms with van der Waals surface area (Å²) in [7, 11) is -3.07. The van der Waals surface area contributed by atoms with Gasteiger partial charge in [-0.05, 0) is 94.5 Å². The molecule has 2 saturated heterocycles. The first-order valence-electron chi connectivity index (χ1n) is 11.3. The number of sulfone groups is 1. The second-order valence-electron chi connectivity index (χ2n) is 10.5. The Morgan fingerprint density at radius 3 is 2.14 bits per heavy atom. The Hall–Kier alpha value is -0.880. The molecule has 2 unspecified atom stereocenters. The summed E-state index contributed by atoms with van der Waals surface area (Å²) in [6.07, 6.45) is 12.0. The molecule has 2 heterocycles. The van der Waals surface area contributed by atoms with Crippen molar-refractivity contribution in [3.63, 3.8) is 0 Å². The molecule has 5 nitrogen and oxygen atoms in total. The summed E-state index contributed by atoms with van der Waals surface area (Å²) in [5, 5.41) is 3.09. The maximum atomic E-state index is 12.9. The molecule has 156 valence electrons. The molecule has 0 aromatic rings. The normalized spacial score (nSPS) is 44.9. The number of nitrogens with zero attached hydrogens (tertiary/aromatic N) is 1. The van der Waals surface area contributed by atoms with Gasteiger partial charge < -0.3 is 5.32 Å². The van der Waals surface area contributed by atoms with Gasteiger partial charge in [0.15, 0.2) is 9.84 Å². The summed E-state index contributed by atoms with van der Waals surface area (Å²) in [6, 6.07) is -0.319. The average Bonchev–Trinajstić information content (AvgIpc) is 3.21. The Bertz CT molecular complexity index is 746. The highest BCUT2D eigenvalue weighted by Gasteiger charge is 2.51. The lowest BCUT2D eigenvalue weighted by Crippen LogP contribution is -2.50. The molecule has 6 aliphatic rings. The van der Waals surface area contributed by atoms with Gasteiger partial charge in [0.25, 0.3) is 0 Å². The SMILES string of the molecule is C/C(=C/C(=O)NC1CS(=O)(=O)CC1N1CCCC1)C12CC3CC(CC(C3)C1)C2. The summed E-state index contributed by atoms with van der Waals surface area (Å²) < 4.78 is 24.5. The minimum Gasteiger partial charge on any atom is -0.347 e. The number of allylic oxidation sites excluding steroid dienone is 1. The van der Waals surface area contributed by atoms with Crippen molar-refractivity contribution in [3.8, 4) is 0 Å². The van der Waals surface area contributed by atoms with Gasteiger partial charge in [-0.1, -0.05) is 5.57 Å². The van der Waals surface area contributed by atoms with Crippen LogP contribution in [0, 0.1) is 23.2 Å². The fourth-order valence-corrected chi connectivity index (χ4v) is 9.52. The zero-order chi connectivity index (χ0) is 19.5. The van der Waals surface area contributed by atoms with Gasteiger partial charge in [-0.2, -0.15) is 0 Å². The van der Waals surface area contributed by atoms with Crippen LogP contribution in [-0.2, 0) is 14.6 Å².